The molecule has 2 heterocycles. The molecule has 4 nitrogen and oxygen atoms in total. The molecular weight excluding hydrogens is 274 g/mol. The van der Waals surface area contributed by atoms with Gasteiger partial charge in [-0.05, 0) is 44.0 Å². The standard InChI is InChI=1S/C18H25N3O/c22-14-16-7-3-4-12-21(16)13-5-11-19-18-10-9-15-6-1-2-8-17(15)20-18/h1-2,6,8-10,16,22H,3-5,7,11-14H2,(H,19,20)/t16-/m1/s1. The van der Waals surface area contributed by atoms with Crippen molar-refractivity contribution in [1.29, 1.82) is 0 Å². The quantitative estimate of drug-likeness (QED) is 0.805. The van der Waals surface area contributed by atoms with Crippen LogP contribution in [0.25, 0.3) is 10.9 Å². The van der Waals surface area contributed by atoms with Gasteiger partial charge >= 0.3 is 0 Å². The van der Waals surface area contributed by atoms with Gasteiger partial charge in [0.05, 0.1) is 12.1 Å². The van der Waals surface area contributed by atoms with Gasteiger partial charge in [0.2, 0.25) is 0 Å². The minimum absolute atomic E-state index is 0.291. The molecule has 0 bridgehead atoms. The zero-order valence-electron chi connectivity index (χ0n) is 13.0. The minimum atomic E-state index is 0.291. The van der Waals surface area contributed by atoms with Crippen LogP contribution in [0.2, 0.25) is 0 Å². The van der Waals surface area contributed by atoms with E-state index in [1.54, 1.807) is 0 Å². The van der Waals surface area contributed by atoms with Crippen LogP contribution >= 0.6 is 0 Å². The minimum Gasteiger partial charge on any atom is -0.395 e. The SMILES string of the molecule is OC[C@H]1CCCCN1CCCNc1ccc2ccccc2n1. The Morgan fingerprint density at radius 3 is 3.00 bits per heavy atom. The van der Waals surface area contributed by atoms with Gasteiger partial charge in [0.1, 0.15) is 5.82 Å². The topological polar surface area (TPSA) is 48.4 Å². The smallest absolute Gasteiger partial charge is 0.126 e. The molecule has 0 saturated carbocycles. The number of nitrogens with one attached hydrogen (secondary N) is 1. The van der Waals surface area contributed by atoms with Crippen molar-refractivity contribution in [2.75, 3.05) is 31.6 Å². The maximum atomic E-state index is 9.43. The number of pyridine rings is 1. The maximum Gasteiger partial charge on any atom is 0.126 e. The second-order valence-corrected chi connectivity index (χ2v) is 6.04. The molecule has 1 aliphatic rings. The zero-order chi connectivity index (χ0) is 15.2. The lowest BCUT2D eigenvalue weighted by molar-refractivity contribution is 0.0901. The van der Waals surface area contributed by atoms with Gasteiger partial charge in [0.25, 0.3) is 0 Å². The number of aliphatic hydroxyl groups excluding tert-OH is 1. The van der Waals surface area contributed by atoms with E-state index in [4.69, 9.17) is 0 Å². The monoisotopic (exact) mass is 299 g/mol. The van der Waals surface area contributed by atoms with Gasteiger partial charge in [-0.3, -0.25) is 4.90 Å². The summed E-state index contributed by atoms with van der Waals surface area (Å²) < 4.78 is 0. The summed E-state index contributed by atoms with van der Waals surface area (Å²) in [6.07, 6.45) is 4.72. The van der Waals surface area contributed by atoms with Gasteiger partial charge < -0.3 is 10.4 Å². The molecule has 0 amide bonds. The van der Waals surface area contributed by atoms with Crippen LogP contribution in [0.15, 0.2) is 36.4 Å². The molecular formula is C18H25N3O. The van der Waals surface area contributed by atoms with Crippen LogP contribution in [0.5, 0.6) is 0 Å². The Labute approximate surface area is 132 Å². The molecule has 0 aliphatic carbocycles. The van der Waals surface area contributed by atoms with Crippen molar-refractivity contribution in [1.82, 2.24) is 9.88 Å². The summed E-state index contributed by atoms with van der Waals surface area (Å²) >= 11 is 0. The lowest BCUT2D eigenvalue weighted by Gasteiger charge is -2.34. The first-order valence-electron chi connectivity index (χ1n) is 8.31. The number of fused-ring (bicyclic) bond motifs is 1. The predicted molar refractivity (Wildman–Crippen MR) is 91.1 cm³/mol. The van der Waals surface area contributed by atoms with E-state index in [9.17, 15) is 5.11 Å². The molecule has 2 aromatic rings. The molecule has 0 unspecified atom stereocenters. The van der Waals surface area contributed by atoms with E-state index >= 15 is 0 Å². The number of rotatable bonds is 6. The second-order valence-electron chi connectivity index (χ2n) is 6.04. The summed E-state index contributed by atoms with van der Waals surface area (Å²) in [5.41, 5.74) is 1.03. The highest BCUT2D eigenvalue weighted by atomic mass is 16.3. The number of anilines is 1. The normalized spacial score (nSPS) is 19.4. The maximum absolute atomic E-state index is 9.43. The van der Waals surface area contributed by atoms with Gasteiger partial charge in [0, 0.05) is 24.5 Å². The van der Waals surface area contributed by atoms with Crippen LogP contribution in [0.1, 0.15) is 25.7 Å². The molecule has 1 aliphatic heterocycles. The summed E-state index contributed by atoms with van der Waals surface area (Å²) in [7, 11) is 0. The molecule has 0 spiro atoms. The third-order valence-electron chi connectivity index (χ3n) is 4.49. The van der Waals surface area contributed by atoms with Crippen LogP contribution in [0.3, 0.4) is 0 Å². The highest BCUT2D eigenvalue weighted by Crippen LogP contribution is 2.17. The van der Waals surface area contributed by atoms with Crippen LogP contribution < -0.4 is 5.32 Å². The van der Waals surface area contributed by atoms with Crippen molar-refractivity contribution in [2.45, 2.75) is 31.7 Å². The van der Waals surface area contributed by atoms with Gasteiger partial charge in [-0.2, -0.15) is 0 Å². The van der Waals surface area contributed by atoms with E-state index in [-0.39, 0.29) is 0 Å². The highest BCUT2D eigenvalue weighted by molar-refractivity contribution is 5.79. The van der Waals surface area contributed by atoms with E-state index < -0.39 is 0 Å². The van der Waals surface area contributed by atoms with Gasteiger partial charge in [0.15, 0.2) is 0 Å². The largest absolute Gasteiger partial charge is 0.395 e. The van der Waals surface area contributed by atoms with Crippen molar-refractivity contribution in [3.05, 3.63) is 36.4 Å². The number of aromatic nitrogens is 1. The lowest BCUT2D eigenvalue weighted by atomic mass is 10.0. The fourth-order valence-corrected chi connectivity index (χ4v) is 3.22. The number of hydrogen-bond acceptors (Lipinski definition) is 4. The summed E-state index contributed by atoms with van der Waals surface area (Å²) in [6.45, 7) is 3.38. The van der Waals surface area contributed by atoms with E-state index in [2.05, 4.69) is 27.3 Å². The number of aliphatic hydroxyl groups is 1. The fourth-order valence-electron chi connectivity index (χ4n) is 3.22. The molecule has 118 valence electrons. The Hall–Kier alpha value is -1.65. The van der Waals surface area contributed by atoms with Gasteiger partial charge in [-0.15, -0.1) is 0 Å². The Balaban J connectivity index is 1.47. The summed E-state index contributed by atoms with van der Waals surface area (Å²) in [5.74, 6) is 0.941. The van der Waals surface area contributed by atoms with Crippen molar-refractivity contribution >= 4 is 16.7 Å². The molecule has 1 atom stereocenters. The molecule has 1 aromatic heterocycles. The molecule has 4 heteroatoms. The Morgan fingerprint density at radius 1 is 1.18 bits per heavy atom. The van der Waals surface area contributed by atoms with Crippen LogP contribution in [-0.2, 0) is 0 Å². The number of likely N-dealkylation sites (tertiary alicyclic amines) is 1. The summed E-state index contributed by atoms with van der Waals surface area (Å²) in [5, 5.41) is 14.0. The molecule has 2 N–H and O–H groups in total. The molecule has 3 rings (SSSR count). The first-order valence-corrected chi connectivity index (χ1v) is 8.31. The Morgan fingerprint density at radius 2 is 2.09 bits per heavy atom. The van der Waals surface area contributed by atoms with Crippen molar-refractivity contribution in [2.24, 2.45) is 0 Å². The number of para-hydroxylation sites is 1. The molecule has 22 heavy (non-hydrogen) atoms. The second kappa shape index (κ2) is 7.56. The van der Waals surface area contributed by atoms with Crippen LogP contribution in [-0.4, -0.2) is 47.3 Å². The zero-order valence-corrected chi connectivity index (χ0v) is 13.0. The van der Waals surface area contributed by atoms with Gasteiger partial charge in [-0.1, -0.05) is 24.6 Å². The molecule has 1 aromatic carbocycles. The van der Waals surface area contributed by atoms with Crippen molar-refractivity contribution in [3.8, 4) is 0 Å². The average molecular weight is 299 g/mol. The third-order valence-corrected chi connectivity index (χ3v) is 4.49. The molecule has 1 fully saturated rings. The number of benzene rings is 1. The number of nitrogens with zero attached hydrogens (tertiary/aromatic N) is 2. The lowest BCUT2D eigenvalue weighted by Crippen LogP contribution is -2.42. The first kappa shape index (κ1) is 15.3. The number of hydrogen-bond donors (Lipinski definition) is 2. The Kier molecular flexibility index (Phi) is 5.24. The highest BCUT2D eigenvalue weighted by Gasteiger charge is 2.20. The summed E-state index contributed by atoms with van der Waals surface area (Å²) in [6, 6.07) is 12.7. The van der Waals surface area contributed by atoms with Crippen LogP contribution in [0.4, 0.5) is 5.82 Å². The molecule has 0 radical (unpaired) electrons. The van der Waals surface area contributed by atoms with E-state index in [0.717, 1.165) is 43.8 Å². The third kappa shape index (κ3) is 3.76. The van der Waals surface area contributed by atoms with E-state index in [0.29, 0.717) is 12.6 Å². The summed E-state index contributed by atoms with van der Waals surface area (Å²) in [4.78, 5) is 7.06. The van der Waals surface area contributed by atoms with E-state index in [1.807, 2.05) is 24.3 Å². The average Bonchev–Trinajstić information content (AvgIpc) is 2.59. The Bertz CT molecular complexity index is 602. The van der Waals surface area contributed by atoms with E-state index in [1.165, 1.54) is 18.2 Å². The predicted octanol–water partition coefficient (Wildman–Crippen LogP) is 2.88. The van der Waals surface area contributed by atoms with Gasteiger partial charge in [-0.25, -0.2) is 4.98 Å². The fraction of sp³-hybridized carbons (Fsp3) is 0.500. The van der Waals surface area contributed by atoms with Crippen LogP contribution in [0, 0.1) is 0 Å². The van der Waals surface area contributed by atoms with Crippen molar-refractivity contribution < 1.29 is 5.11 Å². The van der Waals surface area contributed by atoms with Crippen molar-refractivity contribution in [3.63, 3.8) is 0 Å². The number of piperidine rings is 1. The first-order chi connectivity index (χ1) is 10.9. The molecule has 1 saturated heterocycles.